The summed E-state index contributed by atoms with van der Waals surface area (Å²) < 4.78 is 0. The van der Waals surface area contributed by atoms with Crippen molar-refractivity contribution in [3.8, 4) is 0 Å². The first-order valence-corrected chi connectivity index (χ1v) is 8.41. The van der Waals surface area contributed by atoms with Crippen LogP contribution in [0.5, 0.6) is 0 Å². The molecule has 0 amide bonds. The van der Waals surface area contributed by atoms with Gasteiger partial charge in [0, 0.05) is 12.1 Å². The van der Waals surface area contributed by atoms with E-state index in [0.29, 0.717) is 12.1 Å². The summed E-state index contributed by atoms with van der Waals surface area (Å²) in [6, 6.07) is 5.82. The summed E-state index contributed by atoms with van der Waals surface area (Å²) in [5.41, 5.74) is 5.77. The Morgan fingerprint density at radius 3 is 1.95 bits per heavy atom. The number of rotatable bonds is 3. The summed E-state index contributed by atoms with van der Waals surface area (Å²) >= 11 is 0. The third-order valence-electron chi connectivity index (χ3n) is 4.76. The molecule has 20 heavy (non-hydrogen) atoms. The van der Waals surface area contributed by atoms with E-state index in [1.807, 2.05) is 0 Å². The van der Waals surface area contributed by atoms with Crippen molar-refractivity contribution in [2.75, 3.05) is 0 Å². The molecule has 0 spiro atoms. The van der Waals surface area contributed by atoms with E-state index in [-0.39, 0.29) is 0 Å². The Balaban J connectivity index is 2.05. The largest absolute Gasteiger partial charge is 0.307 e. The van der Waals surface area contributed by atoms with Crippen LogP contribution in [0.15, 0.2) is 12.1 Å². The zero-order valence-corrected chi connectivity index (χ0v) is 13.8. The zero-order chi connectivity index (χ0) is 14.5. The van der Waals surface area contributed by atoms with Crippen molar-refractivity contribution >= 4 is 0 Å². The molecule has 0 radical (unpaired) electrons. The van der Waals surface area contributed by atoms with Gasteiger partial charge < -0.3 is 5.32 Å². The molecule has 1 heteroatoms. The monoisotopic (exact) mass is 273 g/mol. The first-order valence-electron chi connectivity index (χ1n) is 8.41. The number of hydrogen-bond donors (Lipinski definition) is 1. The van der Waals surface area contributed by atoms with E-state index >= 15 is 0 Å². The molecule has 1 nitrogen and oxygen atoms in total. The van der Waals surface area contributed by atoms with E-state index in [1.54, 1.807) is 0 Å². The van der Waals surface area contributed by atoms with Crippen LogP contribution in [-0.4, -0.2) is 6.04 Å². The van der Waals surface area contributed by atoms with Gasteiger partial charge in [-0.1, -0.05) is 49.8 Å². The van der Waals surface area contributed by atoms with Gasteiger partial charge in [-0.15, -0.1) is 0 Å². The lowest BCUT2D eigenvalue weighted by Crippen LogP contribution is -2.32. The van der Waals surface area contributed by atoms with Crippen molar-refractivity contribution in [1.82, 2.24) is 5.32 Å². The molecule has 1 unspecified atom stereocenters. The molecule has 1 atom stereocenters. The molecule has 1 aliphatic carbocycles. The second kappa shape index (κ2) is 7.26. The molecular formula is C19H31N. The molecule has 0 heterocycles. The van der Waals surface area contributed by atoms with Gasteiger partial charge in [0.25, 0.3) is 0 Å². The van der Waals surface area contributed by atoms with Crippen LogP contribution in [0, 0.1) is 20.8 Å². The van der Waals surface area contributed by atoms with Crippen LogP contribution in [-0.2, 0) is 0 Å². The molecule has 0 bridgehead atoms. The Labute approximate surface area is 125 Å². The predicted octanol–water partition coefficient (Wildman–Crippen LogP) is 5.38. The summed E-state index contributed by atoms with van der Waals surface area (Å²) in [5, 5.41) is 3.90. The maximum atomic E-state index is 3.90. The fourth-order valence-electron chi connectivity index (χ4n) is 3.93. The van der Waals surface area contributed by atoms with Gasteiger partial charge in [-0.05, 0) is 57.2 Å². The smallest absolute Gasteiger partial charge is 0.0299 e. The first kappa shape index (κ1) is 15.6. The fraction of sp³-hybridized carbons (Fsp3) is 0.684. The van der Waals surface area contributed by atoms with Gasteiger partial charge in [0.05, 0.1) is 0 Å². The van der Waals surface area contributed by atoms with Crippen LogP contribution in [0.4, 0.5) is 0 Å². The molecule has 1 fully saturated rings. The van der Waals surface area contributed by atoms with E-state index in [9.17, 15) is 0 Å². The topological polar surface area (TPSA) is 12.0 Å². The van der Waals surface area contributed by atoms with Gasteiger partial charge >= 0.3 is 0 Å². The van der Waals surface area contributed by atoms with E-state index < -0.39 is 0 Å². The lowest BCUT2D eigenvalue weighted by Gasteiger charge is -2.27. The standard InChI is InChI=1S/C19H31N/c1-14-12-15(2)19(16(3)13-14)17(4)20-18-10-8-6-5-7-9-11-18/h12-13,17-18,20H,5-11H2,1-4H3. The van der Waals surface area contributed by atoms with Gasteiger partial charge in [-0.2, -0.15) is 0 Å². The highest BCUT2D eigenvalue weighted by molar-refractivity contribution is 5.39. The van der Waals surface area contributed by atoms with E-state index in [4.69, 9.17) is 0 Å². The Kier molecular flexibility index (Phi) is 5.65. The van der Waals surface area contributed by atoms with Crippen molar-refractivity contribution < 1.29 is 0 Å². The molecule has 1 saturated carbocycles. The maximum Gasteiger partial charge on any atom is 0.0299 e. The van der Waals surface area contributed by atoms with E-state index in [0.717, 1.165) is 0 Å². The minimum atomic E-state index is 0.472. The molecule has 0 aromatic heterocycles. The Morgan fingerprint density at radius 2 is 1.40 bits per heavy atom. The number of nitrogens with one attached hydrogen (secondary N) is 1. The van der Waals surface area contributed by atoms with E-state index in [2.05, 4.69) is 45.1 Å². The van der Waals surface area contributed by atoms with Crippen molar-refractivity contribution in [3.05, 3.63) is 34.4 Å². The van der Waals surface area contributed by atoms with Gasteiger partial charge in [-0.25, -0.2) is 0 Å². The first-order chi connectivity index (χ1) is 9.58. The number of hydrogen-bond acceptors (Lipinski definition) is 1. The molecule has 2 rings (SSSR count). The summed E-state index contributed by atoms with van der Waals surface area (Å²) in [4.78, 5) is 0. The molecule has 112 valence electrons. The van der Waals surface area contributed by atoms with Crippen LogP contribution in [0.3, 0.4) is 0 Å². The Morgan fingerprint density at radius 1 is 0.900 bits per heavy atom. The van der Waals surface area contributed by atoms with Crippen molar-refractivity contribution in [2.45, 2.75) is 84.7 Å². The van der Waals surface area contributed by atoms with Crippen molar-refractivity contribution in [3.63, 3.8) is 0 Å². The summed E-state index contributed by atoms with van der Waals surface area (Å²) in [6.45, 7) is 9.04. The SMILES string of the molecule is Cc1cc(C)c(C(C)NC2CCCCCCC2)c(C)c1. The van der Waals surface area contributed by atoms with Gasteiger partial charge in [0.15, 0.2) is 0 Å². The number of aryl methyl sites for hydroxylation is 3. The number of benzene rings is 1. The predicted molar refractivity (Wildman–Crippen MR) is 88.3 cm³/mol. The van der Waals surface area contributed by atoms with Crippen LogP contribution in [0.1, 0.15) is 80.2 Å². The van der Waals surface area contributed by atoms with Crippen LogP contribution in [0.2, 0.25) is 0 Å². The minimum absolute atomic E-state index is 0.472. The van der Waals surface area contributed by atoms with Gasteiger partial charge in [0.2, 0.25) is 0 Å². The molecular weight excluding hydrogens is 242 g/mol. The third kappa shape index (κ3) is 4.09. The average Bonchev–Trinajstić information content (AvgIpc) is 2.31. The average molecular weight is 273 g/mol. The highest BCUT2D eigenvalue weighted by Crippen LogP contribution is 2.26. The maximum absolute atomic E-state index is 3.90. The molecule has 1 aromatic carbocycles. The molecule has 0 aliphatic heterocycles. The van der Waals surface area contributed by atoms with Crippen LogP contribution >= 0.6 is 0 Å². The highest BCUT2D eigenvalue weighted by Gasteiger charge is 2.17. The third-order valence-corrected chi connectivity index (χ3v) is 4.76. The summed E-state index contributed by atoms with van der Waals surface area (Å²) in [5.74, 6) is 0. The molecule has 0 saturated heterocycles. The van der Waals surface area contributed by atoms with Crippen molar-refractivity contribution in [1.29, 1.82) is 0 Å². The Hall–Kier alpha value is -0.820. The fourth-order valence-corrected chi connectivity index (χ4v) is 3.93. The normalized spacial score (nSPS) is 19.4. The second-order valence-corrected chi connectivity index (χ2v) is 6.74. The van der Waals surface area contributed by atoms with Crippen LogP contribution < -0.4 is 5.32 Å². The van der Waals surface area contributed by atoms with Gasteiger partial charge in [0.1, 0.15) is 0 Å². The molecule has 1 aliphatic rings. The quantitative estimate of drug-likeness (QED) is 0.780. The Bertz CT molecular complexity index is 404. The van der Waals surface area contributed by atoms with Gasteiger partial charge in [-0.3, -0.25) is 0 Å². The summed E-state index contributed by atoms with van der Waals surface area (Å²) in [7, 11) is 0. The highest BCUT2D eigenvalue weighted by atomic mass is 14.9. The summed E-state index contributed by atoms with van der Waals surface area (Å²) in [6.07, 6.45) is 9.80. The lowest BCUT2D eigenvalue weighted by atomic mass is 9.92. The van der Waals surface area contributed by atoms with Crippen molar-refractivity contribution in [2.24, 2.45) is 0 Å². The lowest BCUT2D eigenvalue weighted by molar-refractivity contribution is 0.362. The second-order valence-electron chi connectivity index (χ2n) is 6.74. The van der Waals surface area contributed by atoms with Crippen LogP contribution in [0.25, 0.3) is 0 Å². The van der Waals surface area contributed by atoms with E-state index in [1.165, 1.54) is 67.2 Å². The molecule has 1 N–H and O–H groups in total. The molecule has 1 aromatic rings. The minimum Gasteiger partial charge on any atom is -0.307 e. The zero-order valence-electron chi connectivity index (χ0n) is 13.8.